The fraction of sp³-hybridized carbons (Fsp3) is 0.429. The largest absolute Gasteiger partial charge is 0.494 e. The molecule has 0 aliphatic carbocycles. The van der Waals surface area contributed by atoms with E-state index in [2.05, 4.69) is 36.2 Å². The van der Waals surface area contributed by atoms with Crippen LogP contribution in [-0.2, 0) is 6.42 Å². The number of benzene rings is 2. The lowest BCUT2D eigenvalue weighted by Crippen LogP contribution is -1.93. The van der Waals surface area contributed by atoms with E-state index in [4.69, 9.17) is 4.74 Å². The molecule has 0 saturated carbocycles. The predicted octanol–water partition coefficient (Wildman–Crippen LogP) is 7.01. The van der Waals surface area contributed by atoms with Crippen LogP contribution in [0.2, 0.25) is 0 Å². The van der Waals surface area contributed by atoms with Gasteiger partial charge in [-0.25, -0.2) is 0 Å². The lowest BCUT2D eigenvalue weighted by Gasteiger charge is -2.03. The van der Waals surface area contributed by atoms with Crippen LogP contribution >= 0.6 is 0 Å². The number of hydrogen-bond acceptors (Lipinski definition) is 3. The van der Waals surface area contributed by atoms with E-state index in [9.17, 15) is 0 Å². The maximum Gasteiger partial charge on any atom is 0.119 e. The molecule has 0 spiro atoms. The lowest BCUT2D eigenvalue weighted by molar-refractivity contribution is 0.317. The van der Waals surface area contributed by atoms with Gasteiger partial charge in [-0.15, -0.1) is 0 Å². The van der Waals surface area contributed by atoms with Crippen molar-refractivity contribution < 1.29 is 4.74 Å². The third kappa shape index (κ3) is 6.53. The molecule has 0 bridgehead atoms. The molecule has 3 nitrogen and oxygen atoms in total. The molecule has 0 fully saturated rings. The molecular formula is C21H28N2O. The second-order valence-corrected chi connectivity index (χ2v) is 6.02. The zero-order valence-corrected chi connectivity index (χ0v) is 14.9. The van der Waals surface area contributed by atoms with Crippen LogP contribution in [0.15, 0.2) is 58.8 Å². The van der Waals surface area contributed by atoms with Crippen molar-refractivity contribution in [2.75, 3.05) is 6.61 Å². The summed E-state index contributed by atoms with van der Waals surface area (Å²) in [6.07, 6.45) is 7.35. The van der Waals surface area contributed by atoms with Gasteiger partial charge in [-0.2, -0.15) is 10.2 Å². The highest BCUT2D eigenvalue weighted by atomic mass is 16.5. The van der Waals surface area contributed by atoms with Crippen LogP contribution in [0.25, 0.3) is 0 Å². The van der Waals surface area contributed by atoms with E-state index in [1.54, 1.807) is 0 Å². The number of unbranched alkanes of at least 4 members (excludes halogenated alkanes) is 3. The highest BCUT2D eigenvalue weighted by molar-refractivity contribution is 5.43. The quantitative estimate of drug-likeness (QED) is 0.342. The van der Waals surface area contributed by atoms with Gasteiger partial charge in [-0.3, -0.25) is 0 Å². The van der Waals surface area contributed by atoms with E-state index in [-0.39, 0.29) is 0 Å². The van der Waals surface area contributed by atoms with Gasteiger partial charge in [0.05, 0.1) is 18.0 Å². The number of hydrogen-bond donors (Lipinski definition) is 0. The van der Waals surface area contributed by atoms with Crippen molar-refractivity contribution in [3.05, 3.63) is 54.1 Å². The lowest BCUT2D eigenvalue weighted by atomic mass is 10.1. The zero-order valence-electron chi connectivity index (χ0n) is 14.9. The molecule has 2 rings (SSSR count). The molecular weight excluding hydrogens is 296 g/mol. The molecule has 24 heavy (non-hydrogen) atoms. The highest BCUT2D eigenvalue weighted by Gasteiger charge is 1.96. The summed E-state index contributed by atoms with van der Waals surface area (Å²) in [6, 6.07) is 16.1. The fourth-order valence-corrected chi connectivity index (χ4v) is 2.43. The third-order valence-electron chi connectivity index (χ3n) is 3.85. The molecule has 0 saturated heterocycles. The van der Waals surface area contributed by atoms with E-state index in [0.29, 0.717) is 0 Å². The first-order chi connectivity index (χ1) is 11.8. The monoisotopic (exact) mass is 324 g/mol. The van der Waals surface area contributed by atoms with Crippen molar-refractivity contribution in [1.82, 2.24) is 0 Å². The van der Waals surface area contributed by atoms with Crippen LogP contribution in [0.1, 0.15) is 51.5 Å². The minimum Gasteiger partial charge on any atom is -0.494 e. The SMILES string of the molecule is CCCCCCc1ccc(N=Nc2ccc(OCCC)cc2)cc1. The Labute approximate surface area is 145 Å². The van der Waals surface area contributed by atoms with Gasteiger partial charge in [0.25, 0.3) is 0 Å². The van der Waals surface area contributed by atoms with E-state index in [1.165, 1.54) is 31.2 Å². The maximum absolute atomic E-state index is 5.56. The molecule has 2 aromatic carbocycles. The van der Waals surface area contributed by atoms with Gasteiger partial charge in [0.1, 0.15) is 5.75 Å². The number of azo groups is 1. The standard InChI is InChI=1S/C21H28N2O/c1-3-5-6-7-8-18-9-11-19(12-10-18)22-23-20-13-15-21(16-14-20)24-17-4-2/h9-16H,3-8,17H2,1-2H3. The van der Waals surface area contributed by atoms with Crippen molar-refractivity contribution >= 4 is 11.4 Å². The van der Waals surface area contributed by atoms with Crippen LogP contribution in [0.3, 0.4) is 0 Å². The number of nitrogens with zero attached hydrogens (tertiary/aromatic N) is 2. The minimum absolute atomic E-state index is 0.742. The zero-order chi connectivity index (χ0) is 17.0. The third-order valence-corrected chi connectivity index (χ3v) is 3.85. The van der Waals surface area contributed by atoms with Gasteiger partial charge in [-0.1, -0.05) is 45.2 Å². The van der Waals surface area contributed by atoms with Gasteiger partial charge in [0.2, 0.25) is 0 Å². The van der Waals surface area contributed by atoms with E-state index < -0.39 is 0 Å². The smallest absolute Gasteiger partial charge is 0.119 e. The Balaban J connectivity index is 1.85. The second kappa shape index (κ2) is 10.6. The van der Waals surface area contributed by atoms with E-state index in [1.807, 2.05) is 36.4 Å². The summed E-state index contributed by atoms with van der Waals surface area (Å²) in [5.41, 5.74) is 3.10. The molecule has 3 heteroatoms. The van der Waals surface area contributed by atoms with Crippen LogP contribution in [-0.4, -0.2) is 6.61 Å². The second-order valence-electron chi connectivity index (χ2n) is 6.02. The molecule has 0 N–H and O–H groups in total. The van der Waals surface area contributed by atoms with Crippen molar-refractivity contribution in [3.63, 3.8) is 0 Å². The Kier molecular flexibility index (Phi) is 8.02. The van der Waals surface area contributed by atoms with Gasteiger partial charge >= 0.3 is 0 Å². The molecule has 0 atom stereocenters. The van der Waals surface area contributed by atoms with Crippen LogP contribution in [0, 0.1) is 0 Å². The Bertz CT molecular complexity index is 603. The molecule has 0 heterocycles. The van der Waals surface area contributed by atoms with Crippen molar-refractivity contribution in [3.8, 4) is 5.75 Å². The van der Waals surface area contributed by atoms with Gasteiger partial charge in [0, 0.05) is 0 Å². The first-order valence-corrected chi connectivity index (χ1v) is 9.05. The summed E-state index contributed by atoms with van der Waals surface area (Å²) in [4.78, 5) is 0. The van der Waals surface area contributed by atoms with Gasteiger partial charge in [0.15, 0.2) is 0 Å². The van der Waals surface area contributed by atoms with E-state index in [0.717, 1.165) is 36.6 Å². The average molecular weight is 324 g/mol. The molecule has 0 aromatic heterocycles. The van der Waals surface area contributed by atoms with Crippen molar-refractivity contribution in [2.24, 2.45) is 10.2 Å². The molecule has 2 aromatic rings. The Morgan fingerprint density at radius 1 is 0.708 bits per heavy atom. The predicted molar refractivity (Wildman–Crippen MR) is 101 cm³/mol. The van der Waals surface area contributed by atoms with Gasteiger partial charge < -0.3 is 4.74 Å². The summed E-state index contributed by atoms with van der Waals surface area (Å²) in [5, 5.41) is 8.59. The summed E-state index contributed by atoms with van der Waals surface area (Å²) in [6.45, 7) is 5.08. The van der Waals surface area contributed by atoms with Crippen LogP contribution < -0.4 is 4.74 Å². The summed E-state index contributed by atoms with van der Waals surface area (Å²) in [7, 11) is 0. The summed E-state index contributed by atoms with van der Waals surface area (Å²) in [5.74, 6) is 0.878. The highest BCUT2D eigenvalue weighted by Crippen LogP contribution is 2.22. The van der Waals surface area contributed by atoms with Crippen molar-refractivity contribution in [2.45, 2.75) is 52.4 Å². The minimum atomic E-state index is 0.742. The fourth-order valence-electron chi connectivity index (χ4n) is 2.43. The Hall–Kier alpha value is -2.16. The van der Waals surface area contributed by atoms with Crippen LogP contribution in [0.4, 0.5) is 11.4 Å². The number of ether oxygens (including phenoxy) is 1. The number of rotatable bonds is 10. The normalized spacial score (nSPS) is 11.1. The molecule has 0 unspecified atom stereocenters. The molecule has 0 radical (unpaired) electrons. The number of aryl methyl sites for hydroxylation is 1. The Morgan fingerprint density at radius 2 is 1.33 bits per heavy atom. The summed E-state index contributed by atoms with van der Waals surface area (Å²) < 4.78 is 5.56. The van der Waals surface area contributed by atoms with E-state index >= 15 is 0 Å². The average Bonchev–Trinajstić information content (AvgIpc) is 2.64. The molecule has 0 aliphatic heterocycles. The maximum atomic E-state index is 5.56. The molecule has 0 amide bonds. The topological polar surface area (TPSA) is 34.0 Å². The first-order valence-electron chi connectivity index (χ1n) is 9.05. The Morgan fingerprint density at radius 3 is 1.92 bits per heavy atom. The van der Waals surface area contributed by atoms with Crippen LogP contribution in [0.5, 0.6) is 5.75 Å². The summed E-state index contributed by atoms with van der Waals surface area (Å²) >= 11 is 0. The first kappa shape index (κ1) is 18.2. The van der Waals surface area contributed by atoms with Crippen molar-refractivity contribution in [1.29, 1.82) is 0 Å². The van der Waals surface area contributed by atoms with Gasteiger partial charge in [-0.05, 0) is 61.2 Å². The molecule has 0 aliphatic rings. The molecule has 128 valence electrons.